The lowest BCUT2D eigenvalue weighted by atomic mass is 10.1. The number of anilines is 1. The Kier molecular flexibility index (Phi) is 5.83. The van der Waals surface area contributed by atoms with Crippen molar-refractivity contribution >= 4 is 29.3 Å². The second-order valence-corrected chi connectivity index (χ2v) is 5.14. The third-order valence-corrected chi connectivity index (χ3v) is 3.52. The summed E-state index contributed by atoms with van der Waals surface area (Å²) in [4.78, 5) is 12.0. The zero-order chi connectivity index (χ0) is 17.5. The van der Waals surface area contributed by atoms with Crippen molar-refractivity contribution in [1.82, 2.24) is 0 Å². The normalized spacial score (nSPS) is 10.2. The lowest BCUT2D eigenvalue weighted by Crippen LogP contribution is -2.07. The summed E-state index contributed by atoms with van der Waals surface area (Å²) in [5, 5.41) is 11.8. The molecule has 2 aromatic carbocycles. The molecule has 122 valence electrons. The number of halogens is 1. The first kappa shape index (κ1) is 17.4. The maximum Gasteiger partial charge on any atom is 0.248 e. The molecule has 1 amide bonds. The minimum absolute atomic E-state index is 0.288. The molecule has 0 atom stereocenters. The lowest BCUT2D eigenvalue weighted by Gasteiger charge is -2.07. The van der Waals surface area contributed by atoms with Gasteiger partial charge in [-0.15, -0.1) is 0 Å². The molecular formula is C18H15ClN2O3. The number of amides is 1. The molecule has 0 aliphatic rings. The van der Waals surface area contributed by atoms with Crippen LogP contribution in [0.15, 0.2) is 42.5 Å². The average Bonchev–Trinajstić information content (AvgIpc) is 2.60. The number of carbonyl (C=O) groups excluding carboxylic acids is 1. The third-order valence-electron chi connectivity index (χ3n) is 3.21. The van der Waals surface area contributed by atoms with Gasteiger partial charge in [0, 0.05) is 23.4 Å². The Morgan fingerprint density at radius 2 is 2.00 bits per heavy atom. The number of benzene rings is 2. The lowest BCUT2D eigenvalue weighted by molar-refractivity contribution is -0.111. The molecule has 5 nitrogen and oxygen atoms in total. The molecule has 6 heteroatoms. The summed E-state index contributed by atoms with van der Waals surface area (Å²) in [6, 6.07) is 12.0. The molecule has 2 rings (SSSR count). The van der Waals surface area contributed by atoms with Gasteiger partial charge in [-0.05, 0) is 36.4 Å². The molecule has 24 heavy (non-hydrogen) atoms. The van der Waals surface area contributed by atoms with Crippen molar-refractivity contribution in [3.8, 4) is 17.6 Å². The quantitative estimate of drug-likeness (QED) is 0.837. The fraction of sp³-hybridized carbons (Fsp3) is 0.111. The van der Waals surface area contributed by atoms with Crippen molar-refractivity contribution < 1.29 is 14.3 Å². The van der Waals surface area contributed by atoms with Crippen molar-refractivity contribution in [3.05, 3.63) is 58.6 Å². The summed E-state index contributed by atoms with van der Waals surface area (Å²) in [5.41, 5.74) is 1.61. The number of nitrogens with zero attached hydrogens (tertiary/aromatic N) is 1. The maximum absolute atomic E-state index is 12.0. The fourth-order valence-electron chi connectivity index (χ4n) is 1.99. The monoisotopic (exact) mass is 342 g/mol. The standard InChI is InChI=1S/C18H15ClN2O3/c1-23-15-7-4-12(17(10-15)24-2)5-8-18(22)21-14-6-3-13(11-20)16(19)9-14/h3-10H,1-2H3,(H,21,22)/b8-5+. The fourth-order valence-corrected chi connectivity index (χ4v) is 2.21. The van der Waals surface area contributed by atoms with Crippen LogP contribution in [0.4, 0.5) is 5.69 Å². The predicted molar refractivity (Wildman–Crippen MR) is 93.4 cm³/mol. The number of nitrogens with one attached hydrogen (secondary N) is 1. The van der Waals surface area contributed by atoms with E-state index in [0.29, 0.717) is 22.7 Å². The minimum Gasteiger partial charge on any atom is -0.497 e. The van der Waals surface area contributed by atoms with Crippen LogP contribution in [0.3, 0.4) is 0 Å². The highest BCUT2D eigenvalue weighted by Crippen LogP contribution is 2.25. The SMILES string of the molecule is COc1ccc(/C=C/C(=O)Nc2ccc(C#N)c(Cl)c2)c(OC)c1. The number of hydrogen-bond donors (Lipinski definition) is 1. The molecule has 0 aliphatic carbocycles. The van der Waals surface area contributed by atoms with Gasteiger partial charge in [0.1, 0.15) is 17.6 Å². The largest absolute Gasteiger partial charge is 0.497 e. The van der Waals surface area contributed by atoms with Crippen LogP contribution in [0.2, 0.25) is 5.02 Å². The Morgan fingerprint density at radius 1 is 1.21 bits per heavy atom. The summed E-state index contributed by atoms with van der Waals surface area (Å²) in [5.74, 6) is 0.939. The van der Waals surface area contributed by atoms with Crippen LogP contribution in [0.1, 0.15) is 11.1 Å². The van der Waals surface area contributed by atoms with Crippen LogP contribution >= 0.6 is 11.6 Å². The topological polar surface area (TPSA) is 71.3 Å². The number of ether oxygens (including phenoxy) is 2. The van der Waals surface area contributed by atoms with E-state index in [1.807, 2.05) is 6.07 Å². The van der Waals surface area contributed by atoms with E-state index < -0.39 is 0 Å². The molecule has 0 heterocycles. The summed E-state index contributed by atoms with van der Waals surface area (Å²) in [6.07, 6.45) is 3.02. The first-order valence-electron chi connectivity index (χ1n) is 6.98. The molecule has 0 saturated carbocycles. The van der Waals surface area contributed by atoms with E-state index in [1.165, 1.54) is 12.1 Å². The van der Waals surface area contributed by atoms with Gasteiger partial charge in [0.15, 0.2) is 0 Å². The highest BCUT2D eigenvalue weighted by atomic mass is 35.5. The summed E-state index contributed by atoms with van der Waals surface area (Å²) < 4.78 is 10.4. The van der Waals surface area contributed by atoms with Gasteiger partial charge in [0.05, 0.1) is 24.8 Å². The minimum atomic E-state index is -0.325. The highest BCUT2D eigenvalue weighted by molar-refractivity contribution is 6.32. The molecule has 0 bridgehead atoms. The van der Waals surface area contributed by atoms with Crippen molar-refractivity contribution in [1.29, 1.82) is 5.26 Å². The second-order valence-electron chi connectivity index (χ2n) is 4.74. The van der Waals surface area contributed by atoms with Gasteiger partial charge in [-0.1, -0.05) is 11.6 Å². The van der Waals surface area contributed by atoms with Crippen LogP contribution in [0.5, 0.6) is 11.5 Å². The number of methoxy groups -OCH3 is 2. The third kappa shape index (κ3) is 4.28. The summed E-state index contributed by atoms with van der Waals surface area (Å²) >= 11 is 5.93. The molecule has 2 aromatic rings. The average molecular weight is 343 g/mol. The van der Waals surface area contributed by atoms with E-state index in [0.717, 1.165) is 5.56 Å². The summed E-state index contributed by atoms with van der Waals surface area (Å²) in [6.45, 7) is 0. The van der Waals surface area contributed by atoms with Crippen molar-refractivity contribution in [2.24, 2.45) is 0 Å². The van der Waals surface area contributed by atoms with Gasteiger partial charge in [-0.25, -0.2) is 0 Å². The Balaban J connectivity index is 2.11. The summed E-state index contributed by atoms with van der Waals surface area (Å²) in [7, 11) is 3.12. The molecule has 0 fully saturated rings. The number of carbonyl (C=O) groups is 1. The van der Waals surface area contributed by atoms with Crippen LogP contribution < -0.4 is 14.8 Å². The van der Waals surface area contributed by atoms with Gasteiger partial charge in [0.25, 0.3) is 0 Å². The van der Waals surface area contributed by atoms with Crippen LogP contribution in [-0.2, 0) is 4.79 Å². The van der Waals surface area contributed by atoms with Gasteiger partial charge in [-0.3, -0.25) is 4.79 Å². The zero-order valence-corrected chi connectivity index (χ0v) is 13.9. The molecule has 0 radical (unpaired) electrons. The Morgan fingerprint density at radius 3 is 2.62 bits per heavy atom. The van der Waals surface area contributed by atoms with Crippen LogP contribution in [-0.4, -0.2) is 20.1 Å². The zero-order valence-electron chi connectivity index (χ0n) is 13.2. The van der Waals surface area contributed by atoms with Gasteiger partial charge >= 0.3 is 0 Å². The van der Waals surface area contributed by atoms with E-state index in [1.54, 1.807) is 50.6 Å². The first-order valence-corrected chi connectivity index (χ1v) is 7.36. The number of nitriles is 1. The molecular weight excluding hydrogens is 328 g/mol. The Bertz CT molecular complexity index is 825. The molecule has 0 unspecified atom stereocenters. The van der Waals surface area contributed by atoms with Crippen molar-refractivity contribution in [2.45, 2.75) is 0 Å². The van der Waals surface area contributed by atoms with Gasteiger partial charge in [0.2, 0.25) is 5.91 Å². The van der Waals surface area contributed by atoms with E-state index in [4.69, 9.17) is 26.3 Å². The molecule has 0 aliphatic heterocycles. The van der Waals surface area contributed by atoms with Crippen LogP contribution in [0, 0.1) is 11.3 Å². The smallest absolute Gasteiger partial charge is 0.248 e. The van der Waals surface area contributed by atoms with E-state index in [-0.39, 0.29) is 10.9 Å². The Hall–Kier alpha value is -2.97. The predicted octanol–water partition coefficient (Wildman–Crippen LogP) is 3.88. The Labute approximate surface area is 145 Å². The van der Waals surface area contributed by atoms with Gasteiger partial charge < -0.3 is 14.8 Å². The van der Waals surface area contributed by atoms with E-state index in [9.17, 15) is 4.79 Å². The van der Waals surface area contributed by atoms with Crippen molar-refractivity contribution in [2.75, 3.05) is 19.5 Å². The van der Waals surface area contributed by atoms with E-state index >= 15 is 0 Å². The maximum atomic E-state index is 12.0. The first-order chi connectivity index (χ1) is 11.6. The second kappa shape index (κ2) is 8.04. The molecule has 0 aromatic heterocycles. The molecule has 1 N–H and O–H groups in total. The number of rotatable bonds is 5. The molecule has 0 spiro atoms. The van der Waals surface area contributed by atoms with Crippen LogP contribution in [0.25, 0.3) is 6.08 Å². The van der Waals surface area contributed by atoms with Crippen molar-refractivity contribution in [3.63, 3.8) is 0 Å². The number of hydrogen-bond acceptors (Lipinski definition) is 4. The molecule has 0 saturated heterocycles. The highest BCUT2D eigenvalue weighted by Gasteiger charge is 2.05. The van der Waals surface area contributed by atoms with E-state index in [2.05, 4.69) is 5.32 Å². The van der Waals surface area contributed by atoms with Gasteiger partial charge in [-0.2, -0.15) is 5.26 Å².